The minimum Gasteiger partial charge on any atom is -0.490 e. The van der Waals surface area contributed by atoms with E-state index in [-0.39, 0.29) is 55.9 Å². The predicted octanol–water partition coefficient (Wildman–Crippen LogP) is 8.69. The number of aromatic nitrogens is 1. The zero-order chi connectivity index (χ0) is 55.4. The third-order valence-corrected chi connectivity index (χ3v) is 13.7. The van der Waals surface area contributed by atoms with Gasteiger partial charge in [-0.05, 0) is 136 Å². The number of rotatable bonds is 25. The molecule has 406 valence electrons. The third kappa shape index (κ3) is 16.5. The molecule has 0 amide bonds. The molecule has 2 fully saturated rings. The van der Waals surface area contributed by atoms with Crippen LogP contribution in [0.1, 0.15) is 62.5 Å². The van der Waals surface area contributed by atoms with Gasteiger partial charge in [0, 0.05) is 24.6 Å². The van der Waals surface area contributed by atoms with Crippen molar-refractivity contribution < 1.29 is 76.2 Å². The van der Waals surface area contributed by atoms with E-state index in [1.807, 2.05) is 0 Å². The summed E-state index contributed by atoms with van der Waals surface area (Å²) >= 11 is 1.30. The van der Waals surface area contributed by atoms with E-state index in [1.54, 1.807) is 84.9 Å². The normalized spacial score (nSPS) is 17.0. The van der Waals surface area contributed by atoms with Crippen molar-refractivity contribution in [2.75, 3.05) is 37.5 Å². The fraction of sp³-hybridized carbons (Fsp3) is 0.316. The van der Waals surface area contributed by atoms with Crippen molar-refractivity contribution in [3.8, 4) is 34.8 Å². The lowest BCUT2D eigenvalue weighted by molar-refractivity contribution is -0.154. The largest absolute Gasteiger partial charge is 0.490 e. The lowest BCUT2D eigenvalue weighted by Crippen LogP contribution is -2.30. The summed E-state index contributed by atoms with van der Waals surface area (Å²) in [6, 6.07) is 24.9. The van der Waals surface area contributed by atoms with Gasteiger partial charge in [-0.25, -0.2) is 19.4 Å². The Hall–Kier alpha value is -9.03. The summed E-state index contributed by atoms with van der Waals surface area (Å²) < 4.78 is 49.8. The van der Waals surface area contributed by atoms with Crippen LogP contribution in [0.2, 0.25) is 0 Å². The van der Waals surface area contributed by atoms with Crippen LogP contribution in [0.25, 0.3) is 10.2 Å². The van der Waals surface area contributed by atoms with Gasteiger partial charge in [0.2, 0.25) is 11.9 Å². The highest BCUT2D eigenvalue weighted by Crippen LogP contribution is 2.38. The van der Waals surface area contributed by atoms with Crippen LogP contribution in [-0.2, 0) is 58.9 Å². The average Bonchev–Trinajstić information content (AvgIpc) is 3.96. The van der Waals surface area contributed by atoms with E-state index in [1.165, 1.54) is 11.3 Å². The van der Waals surface area contributed by atoms with Crippen LogP contribution in [0, 0.1) is 35.0 Å². The van der Waals surface area contributed by atoms with Gasteiger partial charge in [-0.2, -0.15) is 5.26 Å². The van der Waals surface area contributed by atoms with Crippen molar-refractivity contribution in [3.63, 3.8) is 0 Å². The standard InChI is InChI=1S/C57H56N4O16S/c1-4-48(62)71-33-46(74-50(64)6-3)32-70-42-20-24-44(25-21-42)75-55(67)39-13-15-40(16-14-39)56(68)77-47-28-17-36(52-51(47)59-57(78-52)61-60-41-18-7-35(31-58)8-19-41)29-30-69-53(65)37-9-11-38(12-10-37)54(66)76-45-26-22-43(23-27-45)72-34-73-49(63)5-2/h4-8,17-28,37-40,46,60H,1-3,9-16,29-30,32-34H2,(H,59,61). The Labute approximate surface area is 452 Å². The first kappa shape index (κ1) is 56.7. The number of thiazole rings is 1. The molecule has 78 heavy (non-hydrogen) atoms. The lowest BCUT2D eigenvalue weighted by atomic mass is 9.82. The Kier molecular flexibility index (Phi) is 20.5. The van der Waals surface area contributed by atoms with E-state index in [2.05, 4.69) is 36.7 Å². The molecule has 0 bridgehead atoms. The molecule has 2 N–H and O–H groups in total. The number of benzene rings is 4. The third-order valence-electron chi connectivity index (χ3n) is 12.7. The zero-order valence-electron chi connectivity index (χ0n) is 42.4. The Balaban J connectivity index is 0.895. The van der Waals surface area contributed by atoms with Gasteiger partial charge >= 0.3 is 41.8 Å². The number of nitrogens with one attached hydrogen (secondary N) is 2. The summed E-state index contributed by atoms with van der Waals surface area (Å²) in [7, 11) is 0. The Morgan fingerprint density at radius 2 is 1.10 bits per heavy atom. The second kappa shape index (κ2) is 28.2. The lowest BCUT2D eigenvalue weighted by Gasteiger charge is -2.26. The Morgan fingerprint density at radius 1 is 0.590 bits per heavy atom. The van der Waals surface area contributed by atoms with Crippen LogP contribution < -0.4 is 34.5 Å². The molecule has 5 aromatic rings. The van der Waals surface area contributed by atoms with Crippen LogP contribution >= 0.6 is 11.3 Å². The molecule has 0 spiro atoms. The van der Waals surface area contributed by atoms with Crippen LogP contribution in [-0.4, -0.2) is 79.5 Å². The number of ether oxygens (including phenoxy) is 9. The summed E-state index contributed by atoms with van der Waals surface area (Å²) in [6.07, 6.45) is 5.74. The van der Waals surface area contributed by atoms with Crippen LogP contribution in [0.4, 0.5) is 10.8 Å². The summed E-state index contributed by atoms with van der Waals surface area (Å²) in [5.41, 5.74) is 8.55. The maximum atomic E-state index is 13.7. The fourth-order valence-corrected chi connectivity index (χ4v) is 9.37. The van der Waals surface area contributed by atoms with Gasteiger partial charge in [-0.1, -0.05) is 37.1 Å². The van der Waals surface area contributed by atoms with E-state index in [9.17, 15) is 38.8 Å². The fourth-order valence-electron chi connectivity index (χ4n) is 8.40. The minimum atomic E-state index is -0.923. The average molecular weight is 1090 g/mol. The first-order valence-electron chi connectivity index (χ1n) is 24.9. The number of hydrogen-bond acceptors (Lipinski definition) is 21. The predicted molar refractivity (Wildman–Crippen MR) is 282 cm³/mol. The van der Waals surface area contributed by atoms with E-state index in [0.717, 1.165) is 23.8 Å². The zero-order valence-corrected chi connectivity index (χ0v) is 43.2. The Bertz CT molecular complexity index is 3010. The maximum Gasteiger partial charge on any atom is 0.333 e. The molecular weight excluding hydrogens is 1030 g/mol. The number of nitriles is 1. The first-order valence-corrected chi connectivity index (χ1v) is 25.8. The molecule has 2 aliphatic carbocycles. The highest BCUT2D eigenvalue weighted by molar-refractivity contribution is 7.22. The molecule has 0 saturated heterocycles. The molecule has 1 unspecified atom stereocenters. The SMILES string of the molecule is C=CC(=O)OCOc1ccc(OC(=O)C2CCC(C(=O)OCCc3ccc(OC(=O)C4CCC(C(=O)Oc5ccc(OCC(COC(=O)C=C)OC(=O)C=C)cc5)CC4)c4nc(NNc5ccc(C#N)cc5)sc34)CC2)cc1. The van der Waals surface area contributed by atoms with Crippen molar-refractivity contribution in [1.29, 1.82) is 5.26 Å². The van der Waals surface area contributed by atoms with Gasteiger partial charge in [0.15, 0.2) is 11.9 Å². The van der Waals surface area contributed by atoms with E-state index in [0.29, 0.717) is 102 Å². The van der Waals surface area contributed by atoms with Crippen LogP contribution in [0.5, 0.6) is 28.7 Å². The minimum absolute atomic E-state index is 0.0654. The number of anilines is 2. The number of hydrogen-bond donors (Lipinski definition) is 2. The number of fused-ring (bicyclic) bond motifs is 1. The highest BCUT2D eigenvalue weighted by Gasteiger charge is 2.34. The quantitative estimate of drug-likeness (QED) is 0.0138. The molecule has 1 atom stereocenters. The first-order chi connectivity index (χ1) is 37.8. The Morgan fingerprint density at radius 3 is 1.65 bits per heavy atom. The van der Waals surface area contributed by atoms with Gasteiger partial charge < -0.3 is 42.6 Å². The molecule has 1 heterocycles. The smallest absolute Gasteiger partial charge is 0.333 e. The summed E-state index contributed by atoms with van der Waals surface area (Å²) in [5, 5.41) is 9.66. The van der Waals surface area contributed by atoms with Crippen molar-refractivity contribution >= 4 is 74.2 Å². The summed E-state index contributed by atoms with van der Waals surface area (Å²) in [6.45, 7) is 9.38. The van der Waals surface area contributed by atoms with E-state index in [4.69, 9.17) is 47.6 Å². The molecule has 2 saturated carbocycles. The second-order valence-corrected chi connectivity index (χ2v) is 18.9. The number of carbonyl (C=O) groups is 7. The molecule has 2 aliphatic rings. The molecule has 20 nitrogen and oxygen atoms in total. The van der Waals surface area contributed by atoms with E-state index >= 15 is 0 Å². The topological polar surface area (TPSA) is 263 Å². The van der Waals surface area contributed by atoms with Gasteiger partial charge in [-0.15, -0.1) is 0 Å². The number of carbonyl (C=O) groups excluding carboxylic acids is 7. The molecule has 0 aliphatic heterocycles. The molecule has 7 rings (SSSR count). The van der Waals surface area contributed by atoms with Gasteiger partial charge in [0.05, 0.1) is 52.3 Å². The van der Waals surface area contributed by atoms with E-state index < -0.39 is 53.8 Å². The van der Waals surface area contributed by atoms with Crippen LogP contribution in [0.3, 0.4) is 0 Å². The monoisotopic (exact) mass is 1080 g/mol. The molecule has 21 heteroatoms. The summed E-state index contributed by atoms with van der Waals surface area (Å²) in [5.74, 6) is -3.79. The molecule has 0 radical (unpaired) electrons. The van der Waals surface area contributed by atoms with Crippen molar-refractivity contribution in [3.05, 3.63) is 134 Å². The van der Waals surface area contributed by atoms with Crippen molar-refractivity contribution in [1.82, 2.24) is 4.98 Å². The molecular formula is C57H56N4O16S. The summed E-state index contributed by atoms with van der Waals surface area (Å²) in [4.78, 5) is 92.5. The maximum absolute atomic E-state index is 13.7. The molecule has 4 aromatic carbocycles. The van der Waals surface area contributed by atoms with Gasteiger partial charge in [-0.3, -0.25) is 30.0 Å². The van der Waals surface area contributed by atoms with Crippen molar-refractivity contribution in [2.24, 2.45) is 23.7 Å². The van der Waals surface area contributed by atoms with Crippen molar-refractivity contribution in [2.45, 2.75) is 63.9 Å². The number of esters is 7. The number of hydrazine groups is 1. The highest BCUT2D eigenvalue weighted by atomic mass is 32.1. The van der Waals surface area contributed by atoms with Gasteiger partial charge in [0.1, 0.15) is 41.7 Å². The molecule has 1 aromatic heterocycles. The number of nitrogens with zero attached hydrogens (tertiary/aromatic N) is 2. The van der Waals surface area contributed by atoms with Gasteiger partial charge in [0.25, 0.3) is 0 Å². The second-order valence-electron chi connectivity index (χ2n) is 17.9. The van der Waals surface area contributed by atoms with Crippen LogP contribution in [0.15, 0.2) is 123 Å².